The molecule has 0 aromatic heterocycles. The van der Waals surface area contributed by atoms with Crippen LogP contribution in [0.25, 0.3) is 0 Å². The molecule has 0 saturated carbocycles. The van der Waals surface area contributed by atoms with Crippen molar-refractivity contribution in [3.05, 3.63) is 29.3 Å². The molecule has 0 bridgehead atoms. The number of nitrogens with one attached hydrogen (secondary N) is 1. The summed E-state index contributed by atoms with van der Waals surface area (Å²) in [6, 6.07) is 5.22. The maximum atomic E-state index is 11.8. The van der Waals surface area contributed by atoms with Crippen molar-refractivity contribution >= 4 is 17.6 Å². The highest BCUT2D eigenvalue weighted by molar-refractivity contribution is 5.94. The minimum absolute atomic E-state index is 0.0116. The van der Waals surface area contributed by atoms with E-state index in [0.29, 0.717) is 17.7 Å². The van der Waals surface area contributed by atoms with E-state index in [-0.39, 0.29) is 5.91 Å². The Morgan fingerprint density at radius 3 is 2.55 bits per heavy atom. The Morgan fingerprint density at radius 2 is 1.90 bits per heavy atom. The van der Waals surface area contributed by atoms with E-state index in [0.717, 1.165) is 31.2 Å². The van der Waals surface area contributed by atoms with Gasteiger partial charge in [0.25, 0.3) is 0 Å². The quantitative estimate of drug-likeness (QED) is 0.611. The SMILES string of the molecule is CCCCCCC(=O)Nc1cc(C)cc(C(=O)OC)c1. The number of ether oxygens (including phenoxy) is 1. The largest absolute Gasteiger partial charge is 0.465 e. The average molecular weight is 277 g/mol. The predicted octanol–water partition coefficient (Wildman–Crippen LogP) is 3.69. The number of hydrogen-bond acceptors (Lipinski definition) is 3. The number of hydrogen-bond donors (Lipinski definition) is 1. The number of amides is 1. The average Bonchev–Trinajstić information content (AvgIpc) is 2.42. The molecule has 1 N–H and O–H groups in total. The van der Waals surface area contributed by atoms with Crippen molar-refractivity contribution in [1.29, 1.82) is 0 Å². The van der Waals surface area contributed by atoms with Gasteiger partial charge < -0.3 is 10.1 Å². The molecule has 0 atom stereocenters. The molecule has 0 fully saturated rings. The number of unbranched alkanes of at least 4 members (excludes halogenated alkanes) is 3. The highest BCUT2D eigenvalue weighted by Crippen LogP contribution is 2.16. The fourth-order valence-corrected chi connectivity index (χ4v) is 2.03. The first-order valence-corrected chi connectivity index (χ1v) is 7.06. The van der Waals surface area contributed by atoms with Gasteiger partial charge in [0.15, 0.2) is 0 Å². The Hall–Kier alpha value is -1.84. The number of anilines is 1. The first kappa shape index (κ1) is 16.2. The number of esters is 1. The van der Waals surface area contributed by atoms with Crippen molar-refractivity contribution in [3.63, 3.8) is 0 Å². The molecule has 1 rings (SSSR count). The number of methoxy groups -OCH3 is 1. The van der Waals surface area contributed by atoms with Gasteiger partial charge in [-0.2, -0.15) is 0 Å². The van der Waals surface area contributed by atoms with Crippen molar-refractivity contribution in [2.45, 2.75) is 46.0 Å². The van der Waals surface area contributed by atoms with Gasteiger partial charge in [0.1, 0.15) is 0 Å². The highest BCUT2D eigenvalue weighted by atomic mass is 16.5. The van der Waals surface area contributed by atoms with Crippen LogP contribution >= 0.6 is 0 Å². The summed E-state index contributed by atoms with van der Waals surface area (Å²) in [7, 11) is 1.34. The number of aryl methyl sites for hydroxylation is 1. The van der Waals surface area contributed by atoms with Crippen LogP contribution in [-0.4, -0.2) is 19.0 Å². The van der Waals surface area contributed by atoms with Gasteiger partial charge in [0.2, 0.25) is 5.91 Å². The third-order valence-corrected chi connectivity index (χ3v) is 3.04. The second-order valence-corrected chi connectivity index (χ2v) is 4.94. The van der Waals surface area contributed by atoms with Gasteiger partial charge >= 0.3 is 5.97 Å². The topological polar surface area (TPSA) is 55.4 Å². The van der Waals surface area contributed by atoms with Gasteiger partial charge in [-0.3, -0.25) is 4.79 Å². The first-order valence-electron chi connectivity index (χ1n) is 7.06. The van der Waals surface area contributed by atoms with Crippen LogP contribution in [0.3, 0.4) is 0 Å². The lowest BCUT2D eigenvalue weighted by Crippen LogP contribution is -2.12. The summed E-state index contributed by atoms with van der Waals surface area (Å²) in [5.74, 6) is -0.408. The third-order valence-electron chi connectivity index (χ3n) is 3.04. The first-order chi connectivity index (χ1) is 9.56. The van der Waals surface area contributed by atoms with E-state index in [1.54, 1.807) is 12.1 Å². The van der Waals surface area contributed by atoms with Crippen molar-refractivity contribution < 1.29 is 14.3 Å². The summed E-state index contributed by atoms with van der Waals surface area (Å²) < 4.78 is 4.69. The summed E-state index contributed by atoms with van der Waals surface area (Å²) in [6.07, 6.45) is 4.80. The van der Waals surface area contributed by atoms with Crippen molar-refractivity contribution in [3.8, 4) is 0 Å². The molecular weight excluding hydrogens is 254 g/mol. The third kappa shape index (κ3) is 5.43. The van der Waals surface area contributed by atoms with Crippen LogP contribution in [0.15, 0.2) is 18.2 Å². The van der Waals surface area contributed by atoms with Crippen molar-refractivity contribution in [2.75, 3.05) is 12.4 Å². The maximum Gasteiger partial charge on any atom is 0.337 e. The second kappa shape index (κ2) is 8.35. The van der Waals surface area contributed by atoms with E-state index in [4.69, 9.17) is 4.74 Å². The Labute approximate surface area is 120 Å². The molecule has 0 saturated heterocycles. The van der Waals surface area contributed by atoms with Crippen molar-refractivity contribution in [1.82, 2.24) is 0 Å². The van der Waals surface area contributed by atoms with Crippen LogP contribution in [0.2, 0.25) is 0 Å². The van der Waals surface area contributed by atoms with Gasteiger partial charge in [-0.05, 0) is 37.1 Å². The van der Waals surface area contributed by atoms with Crippen molar-refractivity contribution in [2.24, 2.45) is 0 Å². The molecule has 4 heteroatoms. The molecule has 1 amide bonds. The molecule has 4 nitrogen and oxygen atoms in total. The Kier molecular flexibility index (Phi) is 6.77. The molecule has 0 spiro atoms. The molecule has 0 aliphatic carbocycles. The Morgan fingerprint density at radius 1 is 1.15 bits per heavy atom. The zero-order valence-electron chi connectivity index (χ0n) is 12.5. The van der Waals surface area contributed by atoms with Crippen LogP contribution in [0.4, 0.5) is 5.69 Å². The second-order valence-electron chi connectivity index (χ2n) is 4.94. The molecule has 1 aromatic carbocycles. The van der Waals surface area contributed by atoms with Crippen LogP contribution < -0.4 is 5.32 Å². The standard InChI is InChI=1S/C16H23NO3/c1-4-5-6-7-8-15(18)17-14-10-12(2)9-13(11-14)16(19)20-3/h9-11H,4-8H2,1-3H3,(H,17,18). The van der Waals surface area contributed by atoms with Gasteiger partial charge in [0, 0.05) is 12.1 Å². The number of carbonyl (C=O) groups is 2. The number of benzene rings is 1. The van der Waals surface area contributed by atoms with E-state index in [1.165, 1.54) is 7.11 Å². The molecular formula is C16H23NO3. The fraction of sp³-hybridized carbons (Fsp3) is 0.500. The van der Waals surface area contributed by atoms with Crippen LogP contribution in [0.5, 0.6) is 0 Å². The minimum atomic E-state index is -0.396. The molecule has 0 unspecified atom stereocenters. The summed E-state index contributed by atoms with van der Waals surface area (Å²) in [5.41, 5.74) is 2.01. The van der Waals surface area contributed by atoms with Crippen LogP contribution in [0.1, 0.15) is 54.9 Å². The predicted molar refractivity (Wildman–Crippen MR) is 79.9 cm³/mol. The molecule has 0 heterocycles. The summed E-state index contributed by atoms with van der Waals surface area (Å²) in [6.45, 7) is 4.02. The Balaban J connectivity index is 2.60. The normalized spacial score (nSPS) is 10.2. The Bertz CT molecular complexity index is 469. The van der Waals surface area contributed by atoms with Gasteiger partial charge in [0.05, 0.1) is 12.7 Å². The monoisotopic (exact) mass is 277 g/mol. The van der Waals surface area contributed by atoms with Crippen LogP contribution in [0, 0.1) is 6.92 Å². The molecule has 110 valence electrons. The fourth-order valence-electron chi connectivity index (χ4n) is 2.03. The van der Waals surface area contributed by atoms with Gasteiger partial charge in [-0.15, -0.1) is 0 Å². The smallest absolute Gasteiger partial charge is 0.337 e. The van der Waals surface area contributed by atoms with E-state index >= 15 is 0 Å². The van der Waals surface area contributed by atoms with E-state index in [9.17, 15) is 9.59 Å². The highest BCUT2D eigenvalue weighted by Gasteiger charge is 2.09. The summed E-state index contributed by atoms with van der Waals surface area (Å²) in [5, 5.41) is 2.83. The zero-order valence-corrected chi connectivity index (χ0v) is 12.5. The summed E-state index contributed by atoms with van der Waals surface area (Å²) in [4.78, 5) is 23.3. The lowest BCUT2D eigenvalue weighted by molar-refractivity contribution is -0.116. The lowest BCUT2D eigenvalue weighted by Gasteiger charge is -2.08. The number of rotatable bonds is 7. The maximum absolute atomic E-state index is 11.8. The van der Waals surface area contributed by atoms with Gasteiger partial charge in [-0.1, -0.05) is 26.2 Å². The molecule has 0 aliphatic heterocycles. The van der Waals surface area contributed by atoms with Crippen LogP contribution in [-0.2, 0) is 9.53 Å². The lowest BCUT2D eigenvalue weighted by atomic mass is 10.1. The van der Waals surface area contributed by atoms with E-state index in [2.05, 4.69) is 12.2 Å². The molecule has 0 aliphatic rings. The zero-order chi connectivity index (χ0) is 15.0. The number of carbonyl (C=O) groups excluding carboxylic acids is 2. The van der Waals surface area contributed by atoms with E-state index < -0.39 is 5.97 Å². The summed E-state index contributed by atoms with van der Waals surface area (Å²) >= 11 is 0. The van der Waals surface area contributed by atoms with Gasteiger partial charge in [-0.25, -0.2) is 4.79 Å². The molecule has 20 heavy (non-hydrogen) atoms. The minimum Gasteiger partial charge on any atom is -0.465 e. The molecule has 1 aromatic rings. The molecule has 0 radical (unpaired) electrons. The van der Waals surface area contributed by atoms with E-state index in [1.807, 2.05) is 13.0 Å².